The van der Waals surface area contributed by atoms with Gasteiger partial charge in [-0.2, -0.15) is 0 Å². The molecule has 0 heterocycles. The maximum atomic E-state index is 12.3. The zero-order chi connectivity index (χ0) is 43.3. The van der Waals surface area contributed by atoms with Crippen molar-refractivity contribution in [3.05, 3.63) is 24.4 Å². The van der Waals surface area contributed by atoms with E-state index in [-0.39, 0.29) is 36.6 Å². The molecule has 4 atom stereocenters. The Balaban J connectivity index is 3.95. The lowest BCUT2D eigenvalue weighted by molar-refractivity contribution is 0.155. The highest BCUT2D eigenvalue weighted by Crippen LogP contribution is 2.16. The van der Waals surface area contributed by atoms with Crippen LogP contribution in [0.5, 0.6) is 0 Å². The first kappa shape index (κ1) is 53.7. The second-order valence-electron chi connectivity index (χ2n) is 16.9. The summed E-state index contributed by atoms with van der Waals surface area (Å²) in [7, 11) is -0.856. The highest BCUT2D eigenvalue weighted by Gasteiger charge is 2.35. The lowest BCUT2D eigenvalue weighted by Crippen LogP contribution is -2.51. The molecule has 0 aliphatic carbocycles. The van der Waals surface area contributed by atoms with Gasteiger partial charge in [0.05, 0.1) is 0 Å². The average molecular weight is 839 g/mol. The summed E-state index contributed by atoms with van der Waals surface area (Å²) in [5, 5.41) is 24.0. The van der Waals surface area contributed by atoms with E-state index < -0.39 is 28.8 Å². The Morgan fingerprint density at radius 3 is 1.07 bits per heavy atom. The predicted octanol–water partition coefficient (Wildman–Crippen LogP) is 4.17. The van der Waals surface area contributed by atoms with Gasteiger partial charge in [0.1, 0.15) is 12.5 Å². The normalized spacial score (nSPS) is 13.5. The summed E-state index contributed by atoms with van der Waals surface area (Å²) >= 11 is 0. The molecule has 0 rings (SSSR count). The first-order valence-electron chi connectivity index (χ1n) is 21.1. The van der Waals surface area contributed by atoms with E-state index in [1.54, 1.807) is 0 Å². The van der Waals surface area contributed by atoms with E-state index in [0.717, 1.165) is 88.2 Å². The summed E-state index contributed by atoms with van der Waals surface area (Å²) in [6.45, 7) is 26.2. The lowest BCUT2D eigenvalue weighted by atomic mass is 10.0. The standard InChI is InChI=1S/C38H80B2N8O7Si2/c1-29(45-33(5)39)19-21-31(3)47-35(49)41-23-15-11-13-17-25-43-37(51)53-27-56(7,8)55-57(9,10)28-54-38(52)44-26-18-14-12-16-24-42-36(50)48-32(4)22-20-30(2)46-34(6)40/h29-32,45-46H,5-6,11-28,39-40H2,1-4,7-10H3,(H,43,51)(H,44,52)(H2,41,47,49)(H2,42,48,50). The molecule has 0 aromatic heterocycles. The Labute approximate surface area is 349 Å². The molecule has 0 saturated heterocycles. The van der Waals surface area contributed by atoms with Crippen molar-refractivity contribution >= 4 is 56.6 Å². The number of rotatable bonds is 32. The summed E-state index contributed by atoms with van der Waals surface area (Å²) in [6.07, 6.45) is 10.2. The predicted molar refractivity (Wildman–Crippen MR) is 243 cm³/mol. The van der Waals surface area contributed by atoms with E-state index in [9.17, 15) is 19.2 Å². The summed E-state index contributed by atoms with van der Waals surface area (Å²) in [4.78, 5) is 48.9. The molecule has 8 N–H and O–H groups in total. The van der Waals surface area contributed by atoms with Crippen molar-refractivity contribution < 1.29 is 32.8 Å². The number of nitrogens with one attached hydrogen (secondary N) is 8. The molecular formula is C38H80B2N8O7Si2. The van der Waals surface area contributed by atoms with Crippen LogP contribution in [0.4, 0.5) is 19.2 Å². The third-order valence-electron chi connectivity index (χ3n) is 8.78. The Bertz CT molecular complexity index is 1120. The van der Waals surface area contributed by atoms with Crippen molar-refractivity contribution in [1.82, 2.24) is 42.5 Å². The van der Waals surface area contributed by atoms with Crippen molar-refractivity contribution in [2.75, 3.05) is 38.6 Å². The molecule has 0 spiro atoms. The molecule has 57 heavy (non-hydrogen) atoms. The summed E-state index contributed by atoms with van der Waals surface area (Å²) in [5.74, 6) is 0. The van der Waals surface area contributed by atoms with E-state index in [0.29, 0.717) is 38.3 Å². The van der Waals surface area contributed by atoms with E-state index >= 15 is 0 Å². The zero-order valence-electron chi connectivity index (χ0n) is 37.3. The van der Waals surface area contributed by atoms with Crippen LogP contribution in [0.25, 0.3) is 0 Å². The lowest BCUT2D eigenvalue weighted by Gasteiger charge is -2.32. The van der Waals surface area contributed by atoms with Gasteiger partial charge in [0.2, 0.25) is 16.6 Å². The number of carbonyl (C=O) groups is 4. The van der Waals surface area contributed by atoms with Gasteiger partial charge in [-0.1, -0.05) is 38.8 Å². The van der Waals surface area contributed by atoms with E-state index in [1.165, 1.54) is 0 Å². The molecule has 4 unspecified atom stereocenters. The van der Waals surface area contributed by atoms with Crippen molar-refractivity contribution in [3.8, 4) is 0 Å². The summed E-state index contributed by atoms with van der Waals surface area (Å²) in [5.41, 5.74) is 1.89. The topological polar surface area (TPSA) is 192 Å². The Morgan fingerprint density at radius 1 is 0.491 bits per heavy atom. The molecule has 0 aliphatic heterocycles. The number of hydrogen-bond acceptors (Lipinski definition) is 9. The molecule has 0 fully saturated rings. The number of hydrogen-bond donors (Lipinski definition) is 8. The van der Waals surface area contributed by atoms with Gasteiger partial charge in [0.25, 0.3) is 0 Å². The molecule has 0 radical (unpaired) electrons. The molecule has 6 amide bonds. The SMILES string of the molecule is BC(=C)NC(C)CCC(C)NC(=O)NCCCCCCNC(=O)OC[Si](C)(C)O[Si](C)(C)COC(=O)NCCCCCCNC(=O)NC(C)CCC(C)NC(B)=C. The van der Waals surface area contributed by atoms with Crippen LogP contribution in [0.2, 0.25) is 26.2 Å². The maximum Gasteiger partial charge on any atom is 0.406 e. The highest BCUT2D eigenvalue weighted by molar-refractivity contribution is 6.84. The van der Waals surface area contributed by atoms with Gasteiger partial charge < -0.3 is 56.1 Å². The van der Waals surface area contributed by atoms with Crippen LogP contribution >= 0.6 is 0 Å². The van der Waals surface area contributed by atoms with Gasteiger partial charge in [0.15, 0.2) is 15.7 Å². The van der Waals surface area contributed by atoms with Crippen LogP contribution in [0.3, 0.4) is 0 Å². The minimum Gasteiger partial charge on any atom is -0.451 e. The van der Waals surface area contributed by atoms with Crippen LogP contribution in [0.1, 0.15) is 105 Å². The molecule has 19 heteroatoms. The Morgan fingerprint density at radius 2 is 0.772 bits per heavy atom. The quantitative estimate of drug-likeness (QED) is 0.0363. The number of ether oxygens (including phenoxy) is 2. The van der Waals surface area contributed by atoms with Crippen LogP contribution in [0, 0.1) is 0 Å². The maximum absolute atomic E-state index is 12.3. The summed E-state index contributed by atoms with van der Waals surface area (Å²) in [6, 6.07) is 0.534. The zero-order valence-corrected chi connectivity index (χ0v) is 39.3. The fourth-order valence-corrected chi connectivity index (χ4v) is 13.5. The Kier molecular flexibility index (Phi) is 28.9. The Hall–Kier alpha value is -3.32. The van der Waals surface area contributed by atoms with Crippen LogP contribution < -0.4 is 42.5 Å². The van der Waals surface area contributed by atoms with Crippen LogP contribution in [-0.2, 0) is 13.6 Å². The van der Waals surface area contributed by atoms with Gasteiger partial charge in [-0.3, -0.25) is 0 Å². The second-order valence-corrected chi connectivity index (χ2v) is 25.3. The third kappa shape index (κ3) is 34.4. The largest absolute Gasteiger partial charge is 0.451 e. The van der Waals surface area contributed by atoms with E-state index in [4.69, 9.17) is 13.6 Å². The van der Waals surface area contributed by atoms with Crippen molar-refractivity contribution in [2.24, 2.45) is 0 Å². The first-order chi connectivity index (χ1) is 26.7. The molecular weight excluding hydrogens is 758 g/mol. The van der Waals surface area contributed by atoms with Crippen molar-refractivity contribution in [2.45, 2.75) is 155 Å². The van der Waals surface area contributed by atoms with Gasteiger partial charge in [0, 0.05) is 50.3 Å². The third-order valence-corrected chi connectivity index (χ3v) is 14.9. The number of urea groups is 2. The smallest absolute Gasteiger partial charge is 0.406 e. The molecule has 328 valence electrons. The van der Waals surface area contributed by atoms with Crippen LogP contribution in [0.15, 0.2) is 24.4 Å². The molecule has 0 aromatic carbocycles. The first-order valence-corrected chi connectivity index (χ1v) is 27.4. The minimum atomic E-state index is -2.37. The fraction of sp³-hybridized carbons (Fsp3) is 0.789. The van der Waals surface area contributed by atoms with Gasteiger partial charge >= 0.3 is 24.2 Å². The van der Waals surface area contributed by atoms with Gasteiger partial charge in [-0.25, -0.2) is 19.2 Å². The van der Waals surface area contributed by atoms with E-state index in [1.807, 2.05) is 55.7 Å². The summed E-state index contributed by atoms with van der Waals surface area (Å²) < 4.78 is 17.4. The molecule has 0 saturated carbocycles. The monoisotopic (exact) mass is 839 g/mol. The molecule has 0 aliphatic rings. The fourth-order valence-electron chi connectivity index (χ4n) is 6.06. The van der Waals surface area contributed by atoms with Gasteiger partial charge in [-0.15, -0.1) is 0 Å². The minimum absolute atomic E-state index is 0.0891. The van der Waals surface area contributed by atoms with Crippen molar-refractivity contribution in [3.63, 3.8) is 0 Å². The van der Waals surface area contributed by atoms with Crippen LogP contribution in [-0.4, -0.2) is 119 Å². The molecule has 0 aromatic rings. The number of unbranched alkanes of at least 4 members (excludes halogenated alkanes) is 6. The highest BCUT2D eigenvalue weighted by atomic mass is 28.4. The van der Waals surface area contributed by atoms with Crippen molar-refractivity contribution in [1.29, 1.82) is 0 Å². The molecule has 15 nitrogen and oxygen atoms in total. The number of alkyl carbamates (subject to hydrolysis) is 2. The second kappa shape index (κ2) is 30.7. The number of carbonyl (C=O) groups excluding carboxylic acids is 4. The number of amides is 6. The van der Waals surface area contributed by atoms with Gasteiger partial charge in [-0.05, 0) is 116 Å². The van der Waals surface area contributed by atoms with E-state index in [2.05, 4.69) is 69.5 Å². The average Bonchev–Trinajstić information content (AvgIpc) is 3.09. The molecule has 0 bridgehead atoms.